The Bertz CT molecular complexity index is 669. The van der Waals surface area contributed by atoms with E-state index in [4.69, 9.17) is 4.74 Å². The van der Waals surface area contributed by atoms with Crippen molar-refractivity contribution in [2.45, 2.75) is 19.3 Å². The zero-order chi connectivity index (χ0) is 13.6. The Kier molecular flexibility index (Phi) is 2.49. The van der Waals surface area contributed by atoms with Gasteiger partial charge in [0.05, 0.1) is 7.11 Å². The molecule has 0 N–H and O–H groups in total. The molecule has 2 heteroatoms. The average molecular weight is 252 g/mol. The van der Waals surface area contributed by atoms with Crippen molar-refractivity contribution in [3.63, 3.8) is 0 Å². The van der Waals surface area contributed by atoms with E-state index in [0.29, 0.717) is 0 Å². The summed E-state index contributed by atoms with van der Waals surface area (Å²) in [5.74, 6) is 0.871. The number of fused-ring (bicyclic) bond motifs is 3. The van der Waals surface area contributed by atoms with Crippen LogP contribution in [-0.2, 0) is 5.41 Å². The van der Waals surface area contributed by atoms with E-state index in [2.05, 4.69) is 26.0 Å². The molecule has 0 atom stereocenters. The molecule has 0 radical (unpaired) electrons. The average Bonchev–Trinajstić information content (AvgIpc) is 2.67. The second-order valence-electron chi connectivity index (χ2n) is 5.46. The maximum Gasteiger partial charge on any atom is 0.150 e. The van der Waals surface area contributed by atoms with E-state index in [1.165, 1.54) is 22.3 Å². The highest BCUT2D eigenvalue weighted by molar-refractivity contribution is 5.85. The van der Waals surface area contributed by atoms with E-state index in [9.17, 15) is 4.79 Å². The molecule has 0 amide bonds. The standard InChI is InChI=1S/C17H16O2/c1-17(2)15-8-11(10-18)4-6-13(15)14-7-5-12(19-3)9-16(14)17/h4-10H,1-3H3. The molecule has 0 aliphatic heterocycles. The van der Waals surface area contributed by atoms with Gasteiger partial charge < -0.3 is 4.74 Å². The van der Waals surface area contributed by atoms with Crippen molar-refractivity contribution in [3.8, 4) is 16.9 Å². The normalized spacial score (nSPS) is 14.7. The number of ether oxygens (including phenoxy) is 1. The molecule has 0 fully saturated rings. The predicted octanol–water partition coefficient (Wildman–Crippen LogP) is 3.81. The fraction of sp³-hybridized carbons (Fsp3) is 0.235. The largest absolute Gasteiger partial charge is 0.497 e. The van der Waals surface area contributed by atoms with E-state index in [1.807, 2.05) is 24.3 Å². The number of hydrogen-bond donors (Lipinski definition) is 0. The van der Waals surface area contributed by atoms with Gasteiger partial charge in [-0.05, 0) is 40.5 Å². The Balaban J connectivity index is 2.28. The van der Waals surface area contributed by atoms with Gasteiger partial charge in [0, 0.05) is 11.0 Å². The Morgan fingerprint density at radius 2 is 1.63 bits per heavy atom. The summed E-state index contributed by atoms with van der Waals surface area (Å²) < 4.78 is 5.32. The minimum absolute atomic E-state index is 0.0990. The summed E-state index contributed by atoms with van der Waals surface area (Å²) in [6.07, 6.45) is 0.903. The highest BCUT2D eigenvalue weighted by Crippen LogP contribution is 2.49. The molecule has 0 saturated heterocycles. The van der Waals surface area contributed by atoms with Crippen LogP contribution < -0.4 is 4.74 Å². The van der Waals surface area contributed by atoms with Crippen LogP contribution >= 0.6 is 0 Å². The summed E-state index contributed by atoms with van der Waals surface area (Å²) in [6, 6.07) is 12.1. The molecule has 0 saturated carbocycles. The second kappa shape index (κ2) is 3.95. The number of carbonyl (C=O) groups is 1. The van der Waals surface area contributed by atoms with Crippen molar-refractivity contribution < 1.29 is 9.53 Å². The van der Waals surface area contributed by atoms with Crippen LogP contribution in [0.15, 0.2) is 36.4 Å². The van der Waals surface area contributed by atoms with Crippen molar-refractivity contribution in [1.82, 2.24) is 0 Å². The van der Waals surface area contributed by atoms with Crippen molar-refractivity contribution >= 4 is 6.29 Å². The van der Waals surface area contributed by atoms with Gasteiger partial charge in [0.2, 0.25) is 0 Å². The third-order valence-electron chi connectivity index (χ3n) is 4.04. The lowest BCUT2D eigenvalue weighted by Crippen LogP contribution is -2.15. The van der Waals surface area contributed by atoms with Gasteiger partial charge in [0.1, 0.15) is 12.0 Å². The van der Waals surface area contributed by atoms with E-state index >= 15 is 0 Å². The maximum atomic E-state index is 11.0. The van der Waals surface area contributed by atoms with Crippen LogP contribution in [0.5, 0.6) is 5.75 Å². The first-order chi connectivity index (χ1) is 9.07. The molecule has 1 aliphatic carbocycles. The molecular formula is C17H16O2. The minimum Gasteiger partial charge on any atom is -0.497 e. The molecule has 2 aromatic rings. The number of benzene rings is 2. The minimum atomic E-state index is -0.0990. The summed E-state index contributed by atoms with van der Waals surface area (Å²) in [7, 11) is 1.68. The molecule has 2 nitrogen and oxygen atoms in total. The Labute approximate surface area is 113 Å². The summed E-state index contributed by atoms with van der Waals surface area (Å²) in [5, 5.41) is 0. The molecule has 0 heterocycles. The fourth-order valence-electron chi connectivity index (χ4n) is 2.93. The first kappa shape index (κ1) is 12.0. The topological polar surface area (TPSA) is 26.3 Å². The predicted molar refractivity (Wildman–Crippen MR) is 75.9 cm³/mol. The van der Waals surface area contributed by atoms with Crippen LogP contribution in [0.2, 0.25) is 0 Å². The fourth-order valence-corrected chi connectivity index (χ4v) is 2.93. The Morgan fingerprint density at radius 3 is 2.26 bits per heavy atom. The van der Waals surface area contributed by atoms with E-state index < -0.39 is 0 Å². The van der Waals surface area contributed by atoms with Crippen LogP contribution in [0, 0.1) is 0 Å². The second-order valence-corrected chi connectivity index (χ2v) is 5.46. The van der Waals surface area contributed by atoms with E-state index in [0.717, 1.165) is 17.6 Å². The van der Waals surface area contributed by atoms with Gasteiger partial charge in [0.25, 0.3) is 0 Å². The Morgan fingerprint density at radius 1 is 1.00 bits per heavy atom. The molecule has 0 unspecified atom stereocenters. The van der Waals surface area contributed by atoms with Crippen LogP contribution in [-0.4, -0.2) is 13.4 Å². The zero-order valence-electron chi connectivity index (χ0n) is 11.4. The van der Waals surface area contributed by atoms with Gasteiger partial charge in [0.15, 0.2) is 0 Å². The van der Waals surface area contributed by atoms with Gasteiger partial charge in [-0.3, -0.25) is 4.79 Å². The van der Waals surface area contributed by atoms with Crippen LogP contribution in [0.25, 0.3) is 11.1 Å². The zero-order valence-corrected chi connectivity index (χ0v) is 11.4. The summed E-state index contributed by atoms with van der Waals surface area (Å²) in [4.78, 5) is 11.0. The molecule has 3 rings (SSSR count). The highest BCUT2D eigenvalue weighted by atomic mass is 16.5. The van der Waals surface area contributed by atoms with Crippen LogP contribution in [0.3, 0.4) is 0 Å². The molecule has 19 heavy (non-hydrogen) atoms. The summed E-state index contributed by atoms with van der Waals surface area (Å²) in [5.41, 5.74) is 5.54. The first-order valence-corrected chi connectivity index (χ1v) is 6.36. The highest BCUT2D eigenvalue weighted by Gasteiger charge is 2.35. The van der Waals surface area contributed by atoms with E-state index in [-0.39, 0.29) is 5.41 Å². The van der Waals surface area contributed by atoms with Crippen molar-refractivity contribution in [3.05, 3.63) is 53.1 Å². The van der Waals surface area contributed by atoms with Gasteiger partial charge >= 0.3 is 0 Å². The van der Waals surface area contributed by atoms with Crippen molar-refractivity contribution in [1.29, 1.82) is 0 Å². The van der Waals surface area contributed by atoms with Crippen LogP contribution in [0.4, 0.5) is 0 Å². The molecule has 96 valence electrons. The molecular weight excluding hydrogens is 236 g/mol. The molecule has 0 bridgehead atoms. The van der Waals surface area contributed by atoms with Gasteiger partial charge in [-0.1, -0.05) is 32.0 Å². The lowest BCUT2D eigenvalue weighted by molar-refractivity contribution is 0.112. The summed E-state index contributed by atoms with van der Waals surface area (Å²) in [6.45, 7) is 4.37. The van der Waals surface area contributed by atoms with Crippen molar-refractivity contribution in [2.75, 3.05) is 7.11 Å². The molecule has 0 aromatic heterocycles. The van der Waals surface area contributed by atoms with Gasteiger partial charge in [-0.15, -0.1) is 0 Å². The lowest BCUT2D eigenvalue weighted by atomic mass is 9.82. The van der Waals surface area contributed by atoms with Crippen molar-refractivity contribution in [2.24, 2.45) is 0 Å². The van der Waals surface area contributed by atoms with Crippen LogP contribution in [0.1, 0.15) is 35.3 Å². The quantitative estimate of drug-likeness (QED) is 0.760. The number of hydrogen-bond acceptors (Lipinski definition) is 2. The van der Waals surface area contributed by atoms with Gasteiger partial charge in [-0.25, -0.2) is 0 Å². The summed E-state index contributed by atoms with van der Waals surface area (Å²) >= 11 is 0. The number of aldehydes is 1. The number of methoxy groups -OCH3 is 1. The lowest BCUT2D eigenvalue weighted by Gasteiger charge is -2.21. The molecule has 2 aromatic carbocycles. The number of carbonyl (C=O) groups excluding carboxylic acids is 1. The Hall–Kier alpha value is -2.09. The first-order valence-electron chi connectivity index (χ1n) is 6.36. The third kappa shape index (κ3) is 1.60. The molecule has 1 aliphatic rings. The third-order valence-corrected chi connectivity index (χ3v) is 4.04. The van der Waals surface area contributed by atoms with E-state index in [1.54, 1.807) is 7.11 Å². The maximum absolute atomic E-state index is 11.0. The number of rotatable bonds is 2. The van der Waals surface area contributed by atoms with Gasteiger partial charge in [-0.2, -0.15) is 0 Å². The monoisotopic (exact) mass is 252 g/mol. The SMILES string of the molecule is COc1ccc2c(c1)C(C)(C)c1cc(C=O)ccc1-2. The molecule has 0 spiro atoms. The smallest absolute Gasteiger partial charge is 0.150 e.